The van der Waals surface area contributed by atoms with Crippen LogP contribution in [0, 0.1) is 17.7 Å². The molecule has 1 aliphatic carbocycles. The van der Waals surface area contributed by atoms with E-state index in [1.165, 1.54) is 30.0 Å². The second kappa shape index (κ2) is 9.50. The number of fused-ring (bicyclic) bond motifs is 1. The third-order valence-corrected chi connectivity index (χ3v) is 8.33. The van der Waals surface area contributed by atoms with Crippen molar-refractivity contribution in [2.45, 2.75) is 19.1 Å². The lowest BCUT2D eigenvalue weighted by Crippen LogP contribution is -2.36. The number of hydrogen-bond donors (Lipinski definition) is 1. The number of methoxy groups -OCH3 is 1. The number of ether oxygens (including phenoxy) is 1. The summed E-state index contributed by atoms with van der Waals surface area (Å²) in [6.07, 6.45) is 6.00. The molecule has 2 unspecified atom stereocenters. The van der Waals surface area contributed by atoms with Crippen molar-refractivity contribution in [1.29, 1.82) is 5.41 Å². The van der Waals surface area contributed by atoms with Crippen LogP contribution in [0.4, 0.5) is 0 Å². The summed E-state index contributed by atoms with van der Waals surface area (Å²) in [6, 6.07) is 14.5. The molecule has 0 aromatic heterocycles. The van der Waals surface area contributed by atoms with Gasteiger partial charge in [0.15, 0.2) is 5.84 Å². The highest BCUT2D eigenvalue weighted by Gasteiger charge is 2.38. The fourth-order valence-electron chi connectivity index (χ4n) is 4.44. The molecular weight excluding hydrogens is 524 g/mol. The molecular formula is C27H23N4O5S2-. The number of rotatable bonds is 5. The summed E-state index contributed by atoms with van der Waals surface area (Å²) in [5.41, 5.74) is 1.62. The molecule has 0 saturated heterocycles. The lowest BCUT2D eigenvalue weighted by molar-refractivity contribution is -0.114. The van der Waals surface area contributed by atoms with E-state index in [-0.39, 0.29) is 17.0 Å². The van der Waals surface area contributed by atoms with Gasteiger partial charge in [-0.1, -0.05) is 72.3 Å². The van der Waals surface area contributed by atoms with Crippen LogP contribution >= 0.6 is 11.8 Å². The van der Waals surface area contributed by atoms with Crippen LogP contribution in [-0.2, 0) is 14.9 Å². The molecule has 0 radical (unpaired) electrons. The predicted molar refractivity (Wildman–Crippen MR) is 147 cm³/mol. The van der Waals surface area contributed by atoms with E-state index in [2.05, 4.69) is 10.1 Å². The Hall–Kier alpha value is -3.80. The Morgan fingerprint density at radius 2 is 1.89 bits per heavy atom. The number of aliphatic imine (C=N–C) groups is 1. The van der Waals surface area contributed by atoms with E-state index < -0.39 is 26.7 Å². The lowest BCUT2D eigenvalue weighted by Gasteiger charge is -2.32. The maximum atomic E-state index is 13.0. The van der Waals surface area contributed by atoms with Crippen molar-refractivity contribution in [2.75, 3.05) is 7.11 Å². The molecule has 38 heavy (non-hydrogen) atoms. The molecule has 1 N–H and O–H groups in total. The first-order valence-corrected chi connectivity index (χ1v) is 13.9. The van der Waals surface area contributed by atoms with Gasteiger partial charge >= 0.3 is 0 Å². The molecule has 0 fully saturated rings. The van der Waals surface area contributed by atoms with E-state index in [0.29, 0.717) is 21.5 Å². The maximum Gasteiger partial charge on any atom is 0.283 e. The quantitative estimate of drug-likeness (QED) is 0.338. The first-order valence-electron chi connectivity index (χ1n) is 11.6. The molecule has 0 bridgehead atoms. The Bertz CT molecular complexity index is 1620. The summed E-state index contributed by atoms with van der Waals surface area (Å²) in [5, 5.41) is 14.0. The SMILES string of the molecule is COc1ccccc1C1=CC(C)(/C=C2/C(=N)N3N=C(c4ccc(C)cc4)SC3=NC2=O)C=CC1S(=O)(=O)[O-]. The van der Waals surface area contributed by atoms with Crippen molar-refractivity contribution in [2.24, 2.45) is 15.5 Å². The van der Waals surface area contributed by atoms with Crippen LogP contribution in [0.25, 0.3) is 5.57 Å². The highest BCUT2D eigenvalue weighted by Crippen LogP contribution is 2.41. The maximum absolute atomic E-state index is 13.0. The smallest absolute Gasteiger partial charge is 0.283 e. The topological polar surface area (TPSA) is 135 Å². The highest BCUT2D eigenvalue weighted by molar-refractivity contribution is 8.27. The number of allylic oxidation sites excluding steroid dienone is 3. The zero-order chi connectivity index (χ0) is 27.2. The number of hydrazone groups is 1. The number of para-hydroxylation sites is 1. The van der Waals surface area contributed by atoms with Gasteiger partial charge in [-0.25, -0.2) is 8.42 Å². The van der Waals surface area contributed by atoms with Gasteiger partial charge in [0, 0.05) is 16.5 Å². The minimum atomic E-state index is -4.74. The largest absolute Gasteiger partial charge is 0.747 e. The predicted octanol–water partition coefficient (Wildman–Crippen LogP) is 4.09. The van der Waals surface area contributed by atoms with Gasteiger partial charge in [0.2, 0.25) is 5.17 Å². The van der Waals surface area contributed by atoms with Crippen LogP contribution in [0.15, 0.2) is 88.5 Å². The van der Waals surface area contributed by atoms with Crippen LogP contribution < -0.4 is 4.74 Å². The van der Waals surface area contributed by atoms with Gasteiger partial charge in [0.1, 0.15) is 20.9 Å². The zero-order valence-corrected chi connectivity index (χ0v) is 22.3. The van der Waals surface area contributed by atoms with E-state index in [4.69, 9.17) is 10.1 Å². The molecule has 11 heteroatoms. The third-order valence-electron chi connectivity index (χ3n) is 6.34. The fourth-order valence-corrected chi connectivity index (χ4v) is 6.11. The molecule has 2 aliphatic heterocycles. The van der Waals surface area contributed by atoms with E-state index in [0.717, 1.165) is 11.1 Å². The molecule has 0 saturated carbocycles. The van der Waals surface area contributed by atoms with E-state index >= 15 is 0 Å². The number of thioether (sulfide) groups is 1. The Morgan fingerprint density at radius 1 is 1.18 bits per heavy atom. The summed E-state index contributed by atoms with van der Waals surface area (Å²) in [6.45, 7) is 3.73. The average molecular weight is 548 g/mol. The molecule has 9 nitrogen and oxygen atoms in total. The van der Waals surface area contributed by atoms with Gasteiger partial charge in [-0.3, -0.25) is 10.2 Å². The Kier molecular flexibility index (Phi) is 6.46. The number of hydrogen-bond acceptors (Lipinski definition) is 8. The van der Waals surface area contributed by atoms with Crippen molar-refractivity contribution >= 4 is 49.4 Å². The van der Waals surface area contributed by atoms with Crippen LogP contribution in [0.2, 0.25) is 0 Å². The van der Waals surface area contributed by atoms with Gasteiger partial charge in [0.05, 0.1) is 17.9 Å². The second-order valence-electron chi connectivity index (χ2n) is 9.23. The first-order chi connectivity index (χ1) is 18.0. The first kappa shape index (κ1) is 25.8. The normalized spacial score (nSPS) is 24.2. The van der Waals surface area contributed by atoms with Gasteiger partial charge in [-0.2, -0.15) is 15.1 Å². The minimum absolute atomic E-state index is 0.00876. The molecule has 194 valence electrons. The van der Waals surface area contributed by atoms with Crippen LogP contribution in [0.5, 0.6) is 5.75 Å². The second-order valence-corrected chi connectivity index (χ2v) is 11.7. The summed E-state index contributed by atoms with van der Waals surface area (Å²) in [7, 11) is -3.29. The minimum Gasteiger partial charge on any atom is -0.747 e. The van der Waals surface area contributed by atoms with Crippen LogP contribution in [0.1, 0.15) is 23.6 Å². The zero-order valence-electron chi connectivity index (χ0n) is 20.7. The van der Waals surface area contributed by atoms with E-state index in [9.17, 15) is 17.8 Å². The number of amidine groups is 2. The molecule has 2 atom stereocenters. The molecule has 2 aromatic rings. The fraction of sp³-hybridized carbons (Fsp3) is 0.185. The Balaban J connectivity index is 1.55. The van der Waals surface area contributed by atoms with Gasteiger partial charge < -0.3 is 9.29 Å². The van der Waals surface area contributed by atoms with Crippen molar-refractivity contribution in [3.63, 3.8) is 0 Å². The third kappa shape index (κ3) is 4.75. The summed E-state index contributed by atoms with van der Waals surface area (Å²) >= 11 is 1.21. The molecule has 3 aliphatic rings. The van der Waals surface area contributed by atoms with Gasteiger partial charge in [-0.15, -0.1) is 0 Å². The van der Waals surface area contributed by atoms with Gasteiger partial charge in [-0.05, 0) is 37.2 Å². The average Bonchev–Trinajstić information content (AvgIpc) is 3.30. The number of amides is 1. The number of carbonyl (C=O) groups is 1. The molecule has 5 rings (SSSR count). The van der Waals surface area contributed by atoms with E-state index in [1.54, 1.807) is 49.4 Å². The number of nitrogens with zero attached hydrogens (tertiary/aromatic N) is 3. The number of nitrogens with one attached hydrogen (secondary N) is 1. The molecule has 2 aromatic carbocycles. The van der Waals surface area contributed by atoms with Crippen molar-refractivity contribution < 1.29 is 22.5 Å². The monoisotopic (exact) mass is 547 g/mol. The summed E-state index contributed by atoms with van der Waals surface area (Å²) in [4.78, 5) is 17.2. The number of benzene rings is 2. The van der Waals surface area contributed by atoms with Crippen molar-refractivity contribution in [3.05, 3.63) is 95.1 Å². The van der Waals surface area contributed by atoms with Crippen molar-refractivity contribution in [1.82, 2.24) is 5.01 Å². The van der Waals surface area contributed by atoms with Crippen LogP contribution in [-0.4, -0.2) is 52.3 Å². The molecule has 2 heterocycles. The Morgan fingerprint density at radius 3 is 2.58 bits per heavy atom. The Labute approximate surface area is 224 Å². The van der Waals surface area contributed by atoms with Crippen LogP contribution in [0.3, 0.4) is 0 Å². The highest BCUT2D eigenvalue weighted by atomic mass is 32.2. The molecule has 1 amide bonds. The number of aryl methyl sites for hydroxylation is 1. The van der Waals surface area contributed by atoms with E-state index in [1.807, 2.05) is 31.2 Å². The molecule has 0 spiro atoms. The summed E-state index contributed by atoms with van der Waals surface area (Å²) in [5.74, 6) is -0.343. The number of carbonyl (C=O) groups excluding carboxylic acids is 1. The standard InChI is InChI=1S/C27H24N4O5S2/c1-16-8-10-17(11-9-16)25-30-31-23(28)20(24(32)29-26(31)37-25)15-27(2)13-12-22(38(33,34)35)19(14-27)18-6-4-5-7-21(18)36-3/h4-15,22,28H,1-3H3,(H,33,34,35)/p-1/b20-15-,28-23?. The lowest BCUT2D eigenvalue weighted by atomic mass is 9.79. The van der Waals surface area contributed by atoms with Crippen molar-refractivity contribution in [3.8, 4) is 5.75 Å². The summed E-state index contributed by atoms with van der Waals surface area (Å²) < 4.78 is 41.8. The van der Waals surface area contributed by atoms with Gasteiger partial charge in [0.25, 0.3) is 5.91 Å².